The van der Waals surface area contributed by atoms with Crippen LogP contribution in [0.1, 0.15) is 50.2 Å². The monoisotopic (exact) mass is 393 g/mol. The number of rotatable bonds is 7. The van der Waals surface area contributed by atoms with Crippen LogP contribution >= 0.6 is 0 Å². The highest BCUT2D eigenvalue weighted by atomic mass is 19.4. The zero-order valence-electron chi connectivity index (χ0n) is 16.0. The summed E-state index contributed by atoms with van der Waals surface area (Å²) in [7, 11) is 0. The topological polar surface area (TPSA) is 49.3 Å². The molecule has 6 heteroatoms. The lowest BCUT2D eigenvalue weighted by atomic mass is 9.69. The summed E-state index contributed by atoms with van der Waals surface area (Å²) in [5.74, 6) is 0.0164. The summed E-state index contributed by atoms with van der Waals surface area (Å²) in [4.78, 5) is 13.4. The predicted molar refractivity (Wildman–Crippen MR) is 103 cm³/mol. The van der Waals surface area contributed by atoms with Gasteiger partial charge in [-0.3, -0.25) is 4.79 Å². The number of carbonyl (C=O) groups excluding carboxylic acids is 1. The van der Waals surface area contributed by atoms with Crippen LogP contribution in [-0.4, -0.2) is 30.3 Å². The van der Waals surface area contributed by atoms with Gasteiger partial charge in [0.2, 0.25) is 5.91 Å². The first-order valence-corrected chi connectivity index (χ1v) is 9.77. The maximum Gasteiger partial charge on any atom is 0.389 e. The van der Waals surface area contributed by atoms with Gasteiger partial charge >= 0.3 is 6.18 Å². The van der Waals surface area contributed by atoms with Crippen molar-refractivity contribution < 1.29 is 23.1 Å². The van der Waals surface area contributed by atoms with Crippen LogP contribution in [0, 0.1) is 5.92 Å². The quantitative estimate of drug-likeness (QED) is 0.670. The van der Waals surface area contributed by atoms with E-state index in [1.165, 1.54) is 0 Å². The second-order valence-electron chi connectivity index (χ2n) is 7.69. The van der Waals surface area contributed by atoms with E-state index in [2.05, 4.69) is 24.4 Å². The molecule has 0 saturated carbocycles. The Hall–Kier alpha value is -2.08. The number of amides is 1. The van der Waals surface area contributed by atoms with E-state index < -0.39 is 18.0 Å². The number of aliphatic hydroxyl groups excluding tert-OH is 1. The number of hydrogen-bond acceptors (Lipinski definition) is 2. The first-order valence-electron chi connectivity index (χ1n) is 9.77. The third-order valence-corrected chi connectivity index (χ3v) is 5.65. The van der Waals surface area contributed by atoms with Crippen LogP contribution in [0.4, 0.5) is 13.2 Å². The van der Waals surface area contributed by atoms with Crippen molar-refractivity contribution in [3.05, 3.63) is 53.1 Å². The third kappa shape index (κ3) is 3.88. The number of nitrogens with one attached hydrogen (secondary N) is 1. The molecule has 0 aromatic heterocycles. The van der Waals surface area contributed by atoms with Crippen molar-refractivity contribution >= 4 is 11.5 Å². The Kier molecular flexibility index (Phi) is 5.98. The molecular formula is C22H26F3NO2. The zero-order valence-corrected chi connectivity index (χ0v) is 16.0. The molecule has 0 saturated heterocycles. The van der Waals surface area contributed by atoms with Gasteiger partial charge < -0.3 is 10.4 Å². The van der Waals surface area contributed by atoms with Gasteiger partial charge in [0.1, 0.15) is 0 Å². The van der Waals surface area contributed by atoms with Crippen LogP contribution in [0.15, 0.2) is 42.0 Å². The molecule has 0 radical (unpaired) electrons. The van der Waals surface area contributed by atoms with E-state index in [0.717, 1.165) is 28.7 Å². The summed E-state index contributed by atoms with van der Waals surface area (Å²) in [5.41, 5.74) is 3.03. The SMILES string of the molecule is CC1C=CC2=C(C1)C(CCCO)(C(=O)NCCCC(F)(F)F)c1ccccc12. The van der Waals surface area contributed by atoms with Gasteiger partial charge in [0.05, 0.1) is 5.41 Å². The fourth-order valence-electron chi connectivity index (χ4n) is 4.41. The maximum atomic E-state index is 13.4. The molecule has 152 valence electrons. The van der Waals surface area contributed by atoms with Crippen molar-refractivity contribution in [3.63, 3.8) is 0 Å². The molecule has 2 unspecified atom stereocenters. The second-order valence-corrected chi connectivity index (χ2v) is 7.69. The van der Waals surface area contributed by atoms with E-state index in [0.29, 0.717) is 12.8 Å². The van der Waals surface area contributed by atoms with E-state index >= 15 is 0 Å². The van der Waals surface area contributed by atoms with Crippen molar-refractivity contribution in [2.75, 3.05) is 13.2 Å². The first kappa shape index (κ1) is 20.6. The van der Waals surface area contributed by atoms with E-state index in [-0.39, 0.29) is 31.4 Å². The fraction of sp³-hybridized carbons (Fsp3) is 0.500. The molecular weight excluding hydrogens is 367 g/mol. The summed E-state index contributed by atoms with van der Waals surface area (Å²) in [6, 6.07) is 7.73. The highest BCUT2D eigenvalue weighted by Gasteiger charge is 2.50. The molecule has 3 nitrogen and oxygen atoms in total. The molecule has 0 fully saturated rings. The Morgan fingerprint density at radius 2 is 2.04 bits per heavy atom. The smallest absolute Gasteiger partial charge is 0.389 e. The van der Waals surface area contributed by atoms with E-state index in [4.69, 9.17) is 0 Å². The molecule has 28 heavy (non-hydrogen) atoms. The van der Waals surface area contributed by atoms with Crippen LogP contribution in [-0.2, 0) is 10.2 Å². The zero-order chi connectivity index (χ0) is 20.4. The van der Waals surface area contributed by atoms with E-state index in [9.17, 15) is 23.1 Å². The molecule has 2 aliphatic carbocycles. The van der Waals surface area contributed by atoms with Crippen LogP contribution in [0.2, 0.25) is 0 Å². The Balaban J connectivity index is 1.94. The van der Waals surface area contributed by atoms with Crippen LogP contribution < -0.4 is 5.32 Å². The molecule has 0 spiro atoms. The van der Waals surface area contributed by atoms with Gasteiger partial charge in [0.25, 0.3) is 0 Å². The largest absolute Gasteiger partial charge is 0.396 e. The molecule has 1 amide bonds. The van der Waals surface area contributed by atoms with Crippen LogP contribution in [0.25, 0.3) is 5.57 Å². The summed E-state index contributed by atoms with van der Waals surface area (Å²) in [6.07, 6.45) is 0.500. The fourth-order valence-corrected chi connectivity index (χ4v) is 4.41. The number of fused-ring (bicyclic) bond motifs is 2. The molecule has 0 aliphatic heterocycles. The van der Waals surface area contributed by atoms with Crippen LogP contribution in [0.5, 0.6) is 0 Å². The van der Waals surface area contributed by atoms with Crippen molar-refractivity contribution in [2.24, 2.45) is 5.92 Å². The molecule has 1 aromatic carbocycles. The lowest BCUT2D eigenvalue weighted by Gasteiger charge is -2.34. The second kappa shape index (κ2) is 8.11. The van der Waals surface area contributed by atoms with Gasteiger partial charge in [-0.1, -0.05) is 43.3 Å². The summed E-state index contributed by atoms with van der Waals surface area (Å²) >= 11 is 0. The average molecular weight is 393 g/mol. The number of alkyl halides is 3. The molecule has 3 rings (SSSR count). The van der Waals surface area contributed by atoms with Gasteiger partial charge in [-0.05, 0) is 53.9 Å². The standard InChI is InChI=1S/C22H26F3NO2/c1-15-8-9-17-16-6-2-3-7-18(16)21(10-5-13-27,19(17)14-15)20(28)26-12-4-11-22(23,24)25/h2-3,6-9,15,27H,4-5,10-14H2,1H3,(H,26,28). The lowest BCUT2D eigenvalue weighted by Crippen LogP contribution is -2.46. The van der Waals surface area contributed by atoms with Crippen molar-refractivity contribution in [1.82, 2.24) is 5.32 Å². The minimum atomic E-state index is -4.22. The normalized spacial score (nSPS) is 23.5. The Labute approximate surface area is 163 Å². The summed E-state index contributed by atoms with van der Waals surface area (Å²) < 4.78 is 37.3. The Morgan fingerprint density at radius 3 is 2.75 bits per heavy atom. The van der Waals surface area contributed by atoms with Gasteiger partial charge in [-0.15, -0.1) is 0 Å². The molecule has 1 aromatic rings. The first-order chi connectivity index (χ1) is 13.3. The molecule has 0 bridgehead atoms. The minimum absolute atomic E-state index is 0.0185. The summed E-state index contributed by atoms with van der Waals surface area (Å²) in [5, 5.41) is 12.2. The van der Waals surface area contributed by atoms with Gasteiger partial charge in [0.15, 0.2) is 0 Å². The van der Waals surface area contributed by atoms with E-state index in [1.807, 2.05) is 24.3 Å². The number of halogens is 3. The highest BCUT2D eigenvalue weighted by molar-refractivity contribution is 6.02. The number of allylic oxidation sites excluding steroid dienone is 3. The molecule has 2 atom stereocenters. The predicted octanol–water partition coefficient (Wildman–Crippen LogP) is 4.52. The molecule has 2 aliphatic rings. The Bertz CT molecular complexity index is 797. The summed E-state index contributed by atoms with van der Waals surface area (Å²) in [6.45, 7) is 2.02. The van der Waals surface area contributed by atoms with Crippen molar-refractivity contribution in [1.29, 1.82) is 0 Å². The number of benzene rings is 1. The maximum absolute atomic E-state index is 13.4. The van der Waals surface area contributed by atoms with Crippen molar-refractivity contribution in [2.45, 2.75) is 50.6 Å². The Morgan fingerprint density at radius 1 is 1.29 bits per heavy atom. The highest BCUT2D eigenvalue weighted by Crippen LogP contribution is 2.53. The van der Waals surface area contributed by atoms with Gasteiger partial charge in [-0.2, -0.15) is 13.2 Å². The van der Waals surface area contributed by atoms with Crippen molar-refractivity contribution in [3.8, 4) is 0 Å². The minimum Gasteiger partial charge on any atom is -0.396 e. The lowest BCUT2D eigenvalue weighted by molar-refractivity contribution is -0.136. The number of aliphatic hydroxyl groups is 1. The van der Waals surface area contributed by atoms with Gasteiger partial charge in [-0.25, -0.2) is 0 Å². The van der Waals surface area contributed by atoms with Gasteiger partial charge in [0, 0.05) is 19.6 Å². The molecule has 2 N–H and O–H groups in total. The number of carbonyl (C=O) groups is 1. The number of hydrogen-bond donors (Lipinski definition) is 2. The van der Waals surface area contributed by atoms with E-state index in [1.54, 1.807) is 0 Å². The average Bonchev–Trinajstić information content (AvgIpc) is 2.93. The third-order valence-electron chi connectivity index (χ3n) is 5.65. The van der Waals surface area contributed by atoms with Crippen LogP contribution in [0.3, 0.4) is 0 Å². The molecule has 0 heterocycles.